The molecule has 0 aromatic heterocycles. The van der Waals surface area contributed by atoms with Crippen LogP contribution in [0, 0.1) is 11.8 Å². The fraction of sp³-hybridized carbons (Fsp3) is 0.400. The molecule has 2 aromatic rings. The van der Waals surface area contributed by atoms with Crippen molar-refractivity contribution in [1.29, 1.82) is 0 Å². The van der Waals surface area contributed by atoms with Gasteiger partial charge in [0.1, 0.15) is 5.75 Å². The molecule has 2 rings (SSSR count). The summed E-state index contributed by atoms with van der Waals surface area (Å²) in [6.45, 7) is 8.53. The maximum atomic E-state index is 11.2. The van der Waals surface area contributed by atoms with Gasteiger partial charge in [-0.3, -0.25) is 0 Å². The minimum atomic E-state index is 0.168. The Morgan fingerprint density at radius 3 is 1.73 bits per heavy atom. The lowest BCUT2D eigenvalue weighted by Crippen LogP contribution is -2.00. The van der Waals surface area contributed by atoms with Crippen LogP contribution < -0.4 is 5.11 Å². The summed E-state index contributed by atoms with van der Waals surface area (Å²) in [5.41, 5.74) is 1.98. The van der Waals surface area contributed by atoms with Gasteiger partial charge in [0.05, 0.1) is 0 Å². The molecule has 0 unspecified atom stereocenters. The van der Waals surface area contributed by atoms with Crippen molar-refractivity contribution in [3.05, 3.63) is 59.7 Å². The molecule has 0 aliphatic carbocycles. The average molecular weight is 299 g/mol. The highest BCUT2D eigenvalue weighted by Crippen LogP contribution is 2.19. The first-order chi connectivity index (χ1) is 10.4. The van der Waals surface area contributed by atoms with Gasteiger partial charge in [0.2, 0.25) is 0 Å². The minimum Gasteiger partial charge on any atom is -0.872 e. The Morgan fingerprint density at radius 1 is 0.773 bits per heavy atom. The molecule has 0 aliphatic rings. The number of hydrogen-bond donors (Lipinski definition) is 1. The Kier molecular flexibility index (Phi) is 7.51. The normalized spacial score (nSPS) is 10.5. The predicted octanol–water partition coefficient (Wildman–Crippen LogP) is 4.55. The van der Waals surface area contributed by atoms with Crippen LogP contribution in [0.4, 0.5) is 0 Å². The van der Waals surface area contributed by atoms with Crippen molar-refractivity contribution in [1.82, 2.24) is 0 Å². The highest BCUT2D eigenvalue weighted by molar-refractivity contribution is 5.32. The predicted molar refractivity (Wildman–Crippen MR) is 91.1 cm³/mol. The van der Waals surface area contributed by atoms with E-state index in [0.717, 1.165) is 24.0 Å². The summed E-state index contributed by atoms with van der Waals surface area (Å²) in [4.78, 5) is 0. The summed E-state index contributed by atoms with van der Waals surface area (Å²) in [5, 5.41) is 20.5. The maximum absolute atomic E-state index is 11.2. The van der Waals surface area contributed by atoms with Gasteiger partial charge in [0.25, 0.3) is 0 Å². The van der Waals surface area contributed by atoms with Crippen molar-refractivity contribution in [2.45, 2.75) is 40.5 Å². The highest BCUT2D eigenvalue weighted by atomic mass is 16.3. The Hall–Kier alpha value is -1.96. The zero-order valence-electron chi connectivity index (χ0n) is 14.0. The topological polar surface area (TPSA) is 43.3 Å². The van der Waals surface area contributed by atoms with E-state index in [2.05, 4.69) is 27.7 Å². The molecule has 0 saturated carbocycles. The fourth-order valence-electron chi connectivity index (χ4n) is 2.24. The molecule has 0 fully saturated rings. The molecule has 0 spiro atoms. The number of hydrogen-bond acceptors (Lipinski definition) is 2. The summed E-state index contributed by atoms with van der Waals surface area (Å²) < 4.78 is 0. The van der Waals surface area contributed by atoms with Gasteiger partial charge in [0, 0.05) is 0 Å². The second-order valence-electron chi connectivity index (χ2n) is 6.43. The van der Waals surface area contributed by atoms with Crippen LogP contribution >= 0.6 is 0 Å². The zero-order chi connectivity index (χ0) is 16.5. The number of phenols is 1. The number of phenolic OH excluding ortho intramolecular Hbond substituents is 1. The van der Waals surface area contributed by atoms with Gasteiger partial charge in [-0.25, -0.2) is 0 Å². The minimum absolute atomic E-state index is 0.168. The summed E-state index contributed by atoms with van der Waals surface area (Å²) in [5.74, 6) is 1.75. The summed E-state index contributed by atoms with van der Waals surface area (Å²) in [6, 6.07) is 14.7. The second-order valence-corrected chi connectivity index (χ2v) is 6.43. The molecule has 2 aromatic carbocycles. The van der Waals surface area contributed by atoms with E-state index < -0.39 is 0 Å². The Bertz CT molecular complexity index is 508. The molecule has 0 saturated heterocycles. The first kappa shape index (κ1) is 18.1. The standard InChI is InChI=1S/2C10H14O/c2*1-8(2)7-9-5-3-4-6-10(9)11/h2*3-6,8,11H,7H2,1-2H3/p-1. The van der Waals surface area contributed by atoms with Crippen LogP contribution in [0.1, 0.15) is 38.8 Å². The van der Waals surface area contributed by atoms with Crippen molar-refractivity contribution in [2.75, 3.05) is 0 Å². The van der Waals surface area contributed by atoms with E-state index in [0.29, 0.717) is 17.6 Å². The number of rotatable bonds is 4. The first-order valence-corrected chi connectivity index (χ1v) is 7.92. The van der Waals surface area contributed by atoms with Crippen LogP contribution in [0.15, 0.2) is 48.5 Å². The summed E-state index contributed by atoms with van der Waals surface area (Å²) in [6.07, 6.45) is 1.84. The quantitative estimate of drug-likeness (QED) is 0.900. The number of para-hydroxylation sites is 2. The number of aromatic hydroxyl groups is 1. The molecule has 0 radical (unpaired) electrons. The third kappa shape index (κ3) is 6.66. The summed E-state index contributed by atoms with van der Waals surface area (Å²) in [7, 11) is 0. The fourth-order valence-corrected chi connectivity index (χ4v) is 2.24. The van der Waals surface area contributed by atoms with E-state index in [1.165, 1.54) is 0 Å². The van der Waals surface area contributed by atoms with Crippen LogP contribution in [0.25, 0.3) is 0 Å². The molecule has 2 nitrogen and oxygen atoms in total. The van der Waals surface area contributed by atoms with Crippen molar-refractivity contribution in [3.8, 4) is 11.5 Å². The van der Waals surface area contributed by atoms with E-state index >= 15 is 0 Å². The maximum Gasteiger partial charge on any atom is 0.118 e. The molecular formula is C20H27O2-. The molecule has 22 heavy (non-hydrogen) atoms. The van der Waals surface area contributed by atoms with E-state index in [-0.39, 0.29) is 5.75 Å². The van der Waals surface area contributed by atoms with Crippen LogP contribution in [-0.2, 0) is 12.8 Å². The lowest BCUT2D eigenvalue weighted by molar-refractivity contribution is -0.269. The molecular weight excluding hydrogens is 272 g/mol. The molecule has 2 heteroatoms. The molecule has 120 valence electrons. The Labute approximate surface area is 134 Å². The molecule has 0 atom stereocenters. The van der Waals surface area contributed by atoms with Crippen molar-refractivity contribution in [2.24, 2.45) is 11.8 Å². The SMILES string of the molecule is CC(C)Cc1ccccc1O.CC(C)Cc1ccccc1[O-]. The zero-order valence-corrected chi connectivity index (χ0v) is 14.0. The largest absolute Gasteiger partial charge is 0.872 e. The monoisotopic (exact) mass is 299 g/mol. The lowest BCUT2D eigenvalue weighted by Gasteiger charge is -2.13. The van der Waals surface area contributed by atoms with Gasteiger partial charge in [-0.15, -0.1) is 5.75 Å². The second kappa shape index (κ2) is 9.14. The molecule has 0 amide bonds. The van der Waals surface area contributed by atoms with E-state index in [9.17, 15) is 10.2 Å². The third-order valence-electron chi connectivity index (χ3n) is 3.22. The van der Waals surface area contributed by atoms with Gasteiger partial charge < -0.3 is 10.2 Å². The van der Waals surface area contributed by atoms with E-state index in [1.807, 2.05) is 30.3 Å². The van der Waals surface area contributed by atoms with Crippen LogP contribution in [0.3, 0.4) is 0 Å². The van der Waals surface area contributed by atoms with Gasteiger partial charge >= 0.3 is 0 Å². The molecule has 0 aliphatic heterocycles. The van der Waals surface area contributed by atoms with Crippen LogP contribution in [-0.4, -0.2) is 5.11 Å². The highest BCUT2D eigenvalue weighted by Gasteiger charge is 2.01. The average Bonchev–Trinajstić information content (AvgIpc) is 2.44. The van der Waals surface area contributed by atoms with E-state index in [4.69, 9.17) is 0 Å². The van der Waals surface area contributed by atoms with Crippen molar-refractivity contribution < 1.29 is 10.2 Å². The van der Waals surface area contributed by atoms with Crippen LogP contribution in [0.5, 0.6) is 11.5 Å². The smallest absolute Gasteiger partial charge is 0.118 e. The van der Waals surface area contributed by atoms with Gasteiger partial charge in [-0.05, 0) is 36.3 Å². The van der Waals surface area contributed by atoms with Gasteiger partial charge in [0.15, 0.2) is 0 Å². The number of benzene rings is 2. The lowest BCUT2D eigenvalue weighted by atomic mass is 10.0. The van der Waals surface area contributed by atoms with Crippen LogP contribution in [0.2, 0.25) is 0 Å². The Balaban J connectivity index is 0.000000220. The van der Waals surface area contributed by atoms with E-state index in [1.54, 1.807) is 18.2 Å². The molecule has 0 bridgehead atoms. The summed E-state index contributed by atoms with van der Waals surface area (Å²) >= 11 is 0. The molecule has 0 heterocycles. The van der Waals surface area contributed by atoms with Crippen molar-refractivity contribution in [3.63, 3.8) is 0 Å². The molecule has 1 N–H and O–H groups in total. The van der Waals surface area contributed by atoms with Gasteiger partial charge in [-0.2, -0.15) is 0 Å². The van der Waals surface area contributed by atoms with Crippen molar-refractivity contribution >= 4 is 0 Å². The third-order valence-corrected chi connectivity index (χ3v) is 3.22. The Morgan fingerprint density at radius 2 is 1.23 bits per heavy atom. The van der Waals surface area contributed by atoms with Gasteiger partial charge in [-0.1, -0.05) is 75.7 Å². The first-order valence-electron chi connectivity index (χ1n) is 7.92.